The van der Waals surface area contributed by atoms with E-state index in [9.17, 15) is 0 Å². The van der Waals surface area contributed by atoms with E-state index in [-0.39, 0.29) is 12.1 Å². The van der Waals surface area contributed by atoms with Crippen molar-refractivity contribution in [2.75, 3.05) is 7.05 Å². The highest BCUT2D eigenvalue weighted by Gasteiger charge is 2.31. The molecule has 0 saturated carbocycles. The van der Waals surface area contributed by atoms with Gasteiger partial charge in [0, 0.05) is 11.1 Å². The van der Waals surface area contributed by atoms with Crippen molar-refractivity contribution in [3.63, 3.8) is 0 Å². The summed E-state index contributed by atoms with van der Waals surface area (Å²) in [5.74, 6) is 1.03. The van der Waals surface area contributed by atoms with E-state index in [4.69, 9.17) is 4.74 Å². The second-order valence-electron chi connectivity index (χ2n) is 5.42. The number of rotatable bonds is 3. The second kappa shape index (κ2) is 5.17. The molecule has 2 heterocycles. The molecule has 3 heteroatoms. The van der Waals surface area contributed by atoms with Gasteiger partial charge in [0.25, 0.3) is 0 Å². The van der Waals surface area contributed by atoms with Crippen LogP contribution in [0.1, 0.15) is 17.2 Å². The van der Waals surface area contributed by atoms with Crippen LogP contribution in [0.25, 0.3) is 10.1 Å². The van der Waals surface area contributed by atoms with E-state index in [1.165, 1.54) is 21.2 Å². The Hall–Kier alpha value is -1.84. The minimum atomic E-state index is 0.158. The number of benzene rings is 2. The van der Waals surface area contributed by atoms with Gasteiger partial charge in [0.05, 0.1) is 6.04 Å². The maximum absolute atomic E-state index is 6.17. The van der Waals surface area contributed by atoms with Gasteiger partial charge in [0.2, 0.25) is 0 Å². The van der Waals surface area contributed by atoms with E-state index in [1.54, 1.807) is 11.3 Å². The lowest BCUT2D eigenvalue weighted by molar-refractivity contribution is 0.184. The maximum atomic E-state index is 6.17. The zero-order chi connectivity index (χ0) is 14.2. The van der Waals surface area contributed by atoms with Crippen LogP contribution in [0.5, 0.6) is 5.75 Å². The molecule has 2 atom stereocenters. The van der Waals surface area contributed by atoms with E-state index in [2.05, 4.69) is 53.2 Å². The van der Waals surface area contributed by atoms with Crippen molar-refractivity contribution in [3.8, 4) is 5.75 Å². The highest BCUT2D eigenvalue weighted by Crippen LogP contribution is 2.37. The van der Waals surface area contributed by atoms with Crippen molar-refractivity contribution < 1.29 is 4.74 Å². The predicted molar refractivity (Wildman–Crippen MR) is 88.2 cm³/mol. The molecule has 0 aliphatic carbocycles. The lowest BCUT2D eigenvalue weighted by Crippen LogP contribution is -2.32. The molecule has 0 spiro atoms. The number of thiophene rings is 1. The fourth-order valence-electron chi connectivity index (χ4n) is 3.18. The van der Waals surface area contributed by atoms with Crippen LogP contribution in [0, 0.1) is 0 Å². The van der Waals surface area contributed by atoms with Gasteiger partial charge in [0.15, 0.2) is 0 Å². The molecule has 1 aliphatic rings. The molecule has 0 radical (unpaired) electrons. The van der Waals surface area contributed by atoms with Crippen molar-refractivity contribution in [1.82, 2.24) is 5.32 Å². The van der Waals surface area contributed by atoms with Crippen molar-refractivity contribution in [2.45, 2.75) is 18.6 Å². The summed E-state index contributed by atoms with van der Waals surface area (Å²) in [6.07, 6.45) is 1.12. The number of likely N-dealkylation sites (N-methyl/N-ethyl adjacent to an activating group) is 1. The average Bonchev–Trinajstić information content (AvgIpc) is 3.13. The third-order valence-corrected chi connectivity index (χ3v) is 5.18. The zero-order valence-electron chi connectivity index (χ0n) is 11.9. The van der Waals surface area contributed by atoms with E-state index < -0.39 is 0 Å². The Morgan fingerprint density at radius 2 is 1.95 bits per heavy atom. The van der Waals surface area contributed by atoms with E-state index in [0.717, 1.165) is 12.2 Å². The summed E-state index contributed by atoms with van der Waals surface area (Å²) in [7, 11) is 2.02. The molecule has 1 aromatic heterocycles. The second-order valence-corrected chi connectivity index (χ2v) is 6.33. The lowest BCUT2D eigenvalue weighted by atomic mass is 9.97. The van der Waals surface area contributed by atoms with Gasteiger partial charge in [0.1, 0.15) is 11.9 Å². The van der Waals surface area contributed by atoms with Crippen molar-refractivity contribution >= 4 is 21.4 Å². The van der Waals surface area contributed by atoms with Crippen molar-refractivity contribution in [1.29, 1.82) is 0 Å². The van der Waals surface area contributed by atoms with E-state index in [1.807, 2.05) is 13.1 Å². The van der Waals surface area contributed by atoms with Crippen LogP contribution in [0.4, 0.5) is 0 Å². The summed E-state index contributed by atoms with van der Waals surface area (Å²) < 4.78 is 7.51. The van der Waals surface area contributed by atoms with Gasteiger partial charge < -0.3 is 10.1 Å². The number of hydrogen-bond donors (Lipinski definition) is 1. The summed E-state index contributed by atoms with van der Waals surface area (Å²) in [6, 6.07) is 17.1. The van der Waals surface area contributed by atoms with Gasteiger partial charge in [-0.05, 0) is 41.1 Å². The standard InChI is InChI=1S/C18H17NOS/c1-19-18(14-11-21-17-9-5-3-7-13(14)17)16-10-12-6-2-4-8-15(12)20-16/h2-9,11,16,18-19H,10H2,1H3. The van der Waals surface area contributed by atoms with Crippen LogP contribution in [-0.2, 0) is 6.42 Å². The lowest BCUT2D eigenvalue weighted by Gasteiger charge is -2.22. The van der Waals surface area contributed by atoms with E-state index >= 15 is 0 Å². The Balaban J connectivity index is 1.70. The molecule has 2 nitrogen and oxygen atoms in total. The van der Waals surface area contributed by atoms with Crippen LogP contribution in [0.15, 0.2) is 53.9 Å². The summed E-state index contributed by atoms with van der Waals surface area (Å²) in [4.78, 5) is 0. The Morgan fingerprint density at radius 1 is 1.14 bits per heavy atom. The number of hydrogen-bond acceptors (Lipinski definition) is 3. The summed E-state index contributed by atoms with van der Waals surface area (Å²) in [5, 5.41) is 7.05. The SMILES string of the molecule is CNC(c1csc2ccccc12)C1Cc2ccccc2O1. The molecule has 3 aromatic rings. The highest BCUT2D eigenvalue weighted by atomic mass is 32.1. The molecule has 0 saturated heterocycles. The van der Waals surface area contributed by atoms with Crippen LogP contribution in [-0.4, -0.2) is 13.2 Å². The Bertz CT molecular complexity index is 754. The fraction of sp³-hybridized carbons (Fsp3) is 0.222. The van der Waals surface area contributed by atoms with Gasteiger partial charge in [-0.15, -0.1) is 11.3 Å². The molecular formula is C18H17NOS. The minimum Gasteiger partial charge on any atom is -0.488 e. The molecule has 106 valence electrons. The fourth-order valence-corrected chi connectivity index (χ4v) is 4.17. The van der Waals surface area contributed by atoms with Crippen LogP contribution in [0.3, 0.4) is 0 Å². The molecule has 21 heavy (non-hydrogen) atoms. The Morgan fingerprint density at radius 3 is 2.81 bits per heavy atom. The van der Waals surface area contributed by atoms with Gasteiger partial charge in [-0.1, -0.05) is 36.4 Å². The van der Waals surface area contributed by atoms with Crippen LogP contribution in [0.2, 0.25) is 0 Å². The molecule has 4 rings (SSSR count). The minimum absolute atomic E-state index is 0.158. The third kappa shape index (κ3) is 2.13. The highest BCUT2D eigenvalue weighted by molar-refractivity contribution is 7.17. The molecule has 1 N–H and O–H groups in total. The van der Waals surface area contributed by atoms with Gasteiger partial charge in [-0.3, -0.25) is 0 Å². The average molecular weight is 295 g/mol. The molecule has 0 amide bonds. The number of nitrogens with one attached hydrogen (secondary N) is 1. The maximum Gasteiger partial charge on any atom is 0.123 e. The Kier molecular flexibility index (Phi) is 3.17. The first-order valence-corrected chi connectivity index (χ1v) is 8.13. The smallest absolute Gasteiger partial charge is 0.123 e. The predicted octanol–water partition coefficient (Wildman–Crippen LogP) is 4.17. The molecule has 2 aromatic carbocycles. The van der Waals surface area contributed by atoms with Crippen molar-refractivity contribution in [2.24, 2.45) is 0 Å². The number of fused-ring (bicyclic) bond motifs is 2. The largest absolute Gasteiger partial charge is 0.488 e. The monoisotopic (exact) mass is 295 g/mol. The Labute approximate surface area is 128 Å². The summed E-state index contributed by atoms with van der Waals surface area (Å²) in [6.45, 7) is 0. The normalized spacial score (nSPS) is 18.4. The summed E-state index contributed by atoms with van der Waals surface area (Å²) >= 11 is 1.80. The van der Waals surface area contributed by atoms with Crippen LogP contribution < -0.4 is 10.1 Å². The van der Waals surface area contributed by atoms with Gasteiger partial charge in [-0.2, -0.15) is 0 Å². The first kappa shape index (κ1) is 12.9. The molecule has 0 fully saturated rings. The van der Waals surface area contributed by atoms with Crippen LogP contribution >= 0.6 is 11.3 Å². The molecular weight excluding hydrogens is 278 g/mol. The first-order valence-electron chi connectivity index (χ1n) is 7.25. The van der Waals surface area contributed by atoms with Gasteiger partial charge >= 0.3 is 0 Å². The molecule has 2 unspecified atom stereocenters. The zero-order valence-corrected chi connectivity index (χ0v) is 12.7. The number of para-hydroxylation sites is 1. The summed E-state index contributed by atoms with van der Waals surface area (Å²) in [5.41, 5.74) is 2.65. The van der Waals surface area contributed by atoms with Crippen molar-refractivity contribution in [3.05, 3.63) is 65.0 Å². The third-order valence-electron chi connectivity index (χ3n) is 4.20. The van der Waals surface area contributed by atoms with Gasteiger partial charge in [-0.25, -0.2) is 0 Å². The first-order chi connectivity index (χ1) is 10.4. The van der Waals surface area contributed by atoms with E-state index in [0.29, 0.717) is 0 Å². The topological polar surface area (TPSA) is 21.3 Å². The number of ether oxygens (including phenoxy) is 1. The molecule has 1 aliphatic heterocycles. The quantitative estimate of drug-likeness (QED) is 0.783. The molecule has 0 bridgehead atoms.